The second-order valence-corrected chi connectivity index (χ2v) is 6.80. The zero-order valence-electron chi connectivity index (χ0n) is 13.2. The summed E-state index contributed by atoms with van der Waals surface area (Å²) in [6.45, 7) is 13.9. The molecule has 0 fully saturated rings. The number of nitrogens with zero attached hydrogens (tertiary/aromatic N) is 3. The number of hydrogen-bond donors (Lipinski definition) is 2. The van der Waals surface area contributed by atoms with Gasteiger partial charge in [0.2, 0.25) is 0 Å². The smallest absolute Gasteiger partial charge is 0.144 e. The molecule has 3 N–H and O–H groups in total. The van der Waals surface area contributed by atoms with Crippen LogP contribution >= 0.6 is 11.8 Å². The summed E-state index contributed by atoms with van der Waals surface area (Å²) in [6, 6.07) is 1.90. The van der Waals surface area contributed by atoms with E-state index in [1.54, 1.807) is 11.8 Å². The molecule has 0 aliphatic heterocycles. The van der Waals surface area contributed by atoms with Crippen molar-refractivity contribution in [1.29, 1.82) is 0 Å². The van der Waals surface area contributed by atoms with Gasteiger partial charge in [-0.05, 0) is 13.1 Å². The molecule has 0 aliphatic carbocycles. The fourth-order valence-corrected chi connectivity index (χ4v) is 2.63. The third-order valence-corrected chi connectivity index (χ3v) is 3.96. The lowest BCUT2D eigenvalue weighted by molar-refractivity contribution is 0.324. The van der Waals surface area contributed by atoms with Crippen LogP contribution in [0.1, 0.15) is 40.4 Å². The molecule has 5 nitrogen and oxygen atoms in total. The van der Waals surface area contributed by atoms with Crippen molar-refractivity contribution in [2.45, 2.75) is 45.1 Å². The Kier molecular flexibility index (Phi) is 6.71. The molecule has 1 aromatic heterocycles. The zero-order chi connectivity index (χ0) is 15.2. The van der Waals surface area contributed by atoms with E-state index >= 15 is 0 Å². The molecule has 114 valence electrons. The van der Waals surface area contributed by atoms with Gasteiger partial charge in [-0.25, -0.2) is 15.8 Å². The van der Waals surface area contributed by atoms with Crippen LogP contribution in [0.4, 0.5) is 5.82 Å². The lowest BCUT2D eigenvalue weighted by Crippen LogP contribution is -2.25. The molecule has 1 rings (SSSR count). The van der Waals surface area contributed by atoms with Crippen molar-refractivity contribution in [1.82, 2.24) is 14.9 Å². The quantitative estimate of drug-likeness (QED) is 0.349. The van der Waals surface area contributed by atoms with Crippen LogP contribution in [0.5, 0.6) is 0 Å². The summed E-state index contributed by atoms with van der Waals surface area (Å²) in [5.74, 6) is 8.01. The van der Waals surface area contributed by atoms with E-state index < -0.39 is 0 Å². The highest BCUT2D eigenvalue weighted by atomic mass is 32.2. The lowest BCUT2D eigenvalue weighted by Gasteiger charge is -2.19. The van der Waals surface area contributed by atoms with Crippen molar-refractivity contribution >= 4 is 17.6 Å². The minimum absolute atomic E-state index is 0.0823. The van der Waals surface area contributed by atoms with E-state index in [-0.39, 0.29) is 5.41 Å². The number of thioether (sulfide) groups is 1. The van der Waals surface area contributed by atoms with Gasteiger partial charge >= 0.3 is 0 Å². The third-order valence-electron chi connectivity index (χ3n) is 3.07. The summed E-state index contributed by atoms with van der Waals surface area (Å²) in [6.07, 6.45) is 0. The Bertz CT molecular complexity index is 413. The second kappa shape index (κ2) is 7.81. The van der Waals surface area contributed by atoms with Crippen LogP contribution in [-0.2, 0) is 5.41 Å². The predicted octanol–water partition coefficient (Wildman–Crippen LogP) is 2.49. The topological polar surface area (TPSA) is 67.1 Å². The van der Waals surface area contributed by atoms with Gasteiger partial charge in [-0.1, -0.05) is 34.6 Å². The van der Waals surface area contributed by atoms with Gasteiger partial charge in [-0.2, -0.15) is 0 Å². The first kappa shape index (κ1) is 17.2. The van der Waals surface area contributed by atoms with E-state index in [4.69, 9.17) is 5.84 Å². The van der Waals surface area contributed by atoms with Crippen LogP contribution < -0.4 is 11.3 Å². The van der Waals surface area contributed by atoms with Crippen LogP contribution in [0.25, 0.3) is 0 Å². The summed E-state index contributed by atoms with van der Waals surface area (Å²) >= 11 is 1.75. The van der Waals surface area contributed by atoms with Crippen LogP contribution in [-0.4, -0.2) is 40.3 Å². The first-order valence-corrected chi connectivity index (χ1v) is 8.10. The summed E-state index contributed by atoms with van der Waals surface area (Å²) in [5, 5.41) is 0.977. The average molecular weight is 297 g/mol. The molecule has 0 saturated carbocycles. The van der Waals surface area contributed by atoms with Gasteiger partial charge < -0.3 is 10.3 Å². The van der Waals surface area contributed by atoms with E-state index in [1.165, 1.54) is 0 Å². The number of hydrogen-bond acceptors (Lipinski definition) is 6. The Labute approximate surface area is 126 Å². The molecular weight excluding hydrogens is 270 g/mol. The molecule has 0 atom stereocenters. The van der Waals surface area contributed by atoms with E-state index in [0.717, 1.165) is 36.2 Å². The Morgan fingerprint density at radius 3 is 2.40 bits per heavy atom. The van der Waals surface area contributed by atoms with Crippen LogP contribution in [0.2, 0.25) is 0 Å². The highest BCUT2D eigenvalue weighted by Crippen LogP contribution is 2.24. The SMILES string of the molecule is CCN(CC)CCSc1cc(NN)nc(C(C)(C)C)n1. The molecule has 20 heavy (non-hydrogen) atoms. The summed E-state index contributed by atoms with van der Waals surface area (Å²) in [7, 11) is 0. The number of rotatable bonds is 7. The number of nitrogens with one attached hydrogen (secondary N) is 1. The average Bonchev–Trinajstić information content (AvgIpc) is 2.42. The summed E-state index contributed by atoms with van der Waals surface area (Å²) in [5.41, 5.74) is 2.54. The lowest BCUT2D eigenvalue weighted by atomic mass is 9.96. The molecule has 1 aromatic rings. The van der Waals surface area contributed by atoms with Gasteiger partial charge in [0, 0.05) is 23.8 Å². The van der Waals surface area contributed by atoms with Gasteiger partial charge in [0.15, 0.2) is 0 Å². The number of aromatic nitrogens is 2. The van der Waals surface area contributed by atoms with E-state index in [2.05, 4.69) is 54.9 Å². The molecule has 0 bridgehead atoms. The van der Waals surface area contributed by atoms with Gasteiger partial charge in [0.1, 0.15) is 16.7 Å². The molecule has 0 aromatic carbocycles. The molecule has 6 heteroatoms. The highest BCUT2D eigenvalue weighted by molar-refractivity contribution is 7.99. The Balaban J connectivity index is 2.74. The third kappa shape index (κ3) is 5.26. The molecule has 0 unspecified atom stereocenters. The van der Waals surface area contributed by atoms with E-state index in [0.29, 0.717) is 5.82 Å². The maximum absolute atomic E-state index is 5.49. The minimum Gasteiger partial charge on any atom is -0.308 e. The van der Waals surface area contributed by atoms with Crippen LogP contribution in [0, 0.1) is 0 Å². The monoisotopic (exact) mass is 297 g/mol. The predicted molar refractivity (Wildman–Crippen MR) is 87.1 cm³/mol. The van der Waals surface area contributed by atoms with Crippen molar-refractivity contribution in [2.75, 3.05) is 30.8 Å². The van der Waals surface area contributed by atoms with Crippen molar-refractivity contribution in [2.24, 2.45) is 5.84 Å². The number of hydrazine groups is 1. The van der Waals surface area contributed by atoms with Gasteiger partial charge in [0.05, 0.1) is 0 Å². The Hall–Kier alpha value is -0.850. The Morgan fingerprint density at radius 1 is 1.25 bits per heavy atom. The number of nitrogens with two attached hydrogens (primary N) is 1. The summed E-state index contributed by atoms with van der Waals surface area (Å²) < 4.78 is 0. The number of anilines is 1. The standard InChI is InChI=1S/C14H27N5S/c1-6-19(7-2)8-9-20-12-10-11(18-15)16-13(17-12)14(3,4)5/h10H,6-9,15H2,1-5H3,(H,16,17,18). The fourth-order valence-electron chi connectivity index (χ4n) is 1.73. The second-order valence-electron chi connectivity index (χ2n) is 5.68. The largest absolute Gasteiger partial charge is 0.308 e. The van der Waals surface area contributed by atoms with E-state index in [9.17, 15) is 0 Å². The first-order valence-electron chi connectivity index (χ1n) is 7.12. The van der Waals surface area contributed by atoms with Gasteiger partial charge in [-0.3, -0.25) is 0 Å². The molecule has 0 amide bonds. The highest BCUT2D eigenvalue weighted by Gasteiger charge is 2.19. The van der Waals surface area contributed by atoms with Gasteiger partial charge in [-0.15, -0.1) is 11.8 Å². The van der Waals surface area contributed by atoms with Crippen molar-refractivity contribution in [3.63, 3.8) is 0 Å². The molecule has 0 radical (unpaired) electrons. The minimum atomic E-state index is -0.0823. The van der Waals surface area contributed by atoms with Crippen molar-refractivity contribution in [3.8, 4) is 0 Å². The molecule has 1 heterocycles. The fraction of sp³-hybridized carbons (Fsp3) is 0.714. The molecule has 0 saturated heterocycles. The maximum atomic E-state index is 5.49. The van der Waals surface area contributed by atoms with Crippen LogP contribution in [0.15, 0.2) is 11.1 Å². The molecular formula is C14H27N5S. The normalized spacial score (nSPS) is 11.9. The zero-order valence-corrected chi connectivity index (χ0v) is 14.0. The van der Waals surface area contributed by atoms with Gasteiger partial charge in [0.25, 0.3) is 0 Å². The van der Waals surface area contributed by atoms with Crippen molar-refractivity contribution in [3.05, 3.63) is 11.9 Å². The van der Waals surface area contributed by atoms with Crippen LogP contribution in [0.3, 0.4) is 0 Å². The molecule has 0 spiro atoms. The Morgan fingerprint density at radius 2 is 1.90 bits per heavy atom. The number of nitrogen functional groups attached to an aromatic ring is 1. The molecule has 0 aliphatic rings. The van der Waals surface area contributed by atoms with Crippen molar-refractivity contribution < 1.29 is 0 Å². The van der Waals surface area contributed by atoms with E-state index in [1.807, 2.05) is 6.07 Å². The first-order chi connectivity index (χ1) is 9.40. The maximum Gasteiger partial charge on any atom is 0.144 e. The summed E-state index contributed by atoms with van der Waals surface area (Å²) in [4.78, 5) is 11.5.